The Labute approximate surface area is 293 Å². The van der Waals surface area contributed by atoms with Crippen LogP contribution in [0.25, 0.3) is 11.0 Å². The largest absolute Gasteiger partial charge is 0.339 e. The fraction of sp³-hybridized carbons (Fsp3) is 0.474. The first kappa shape index (κ1) is 33.4. The molecule has 3 aliphatic heterocycles. The molecule has 4 aromatic rings. The van der Waals surface area contributed by atoms with E-state index in [4.69, 9.17) is 4.98 Å². The number of rotatable bonds is 10. The number of nitrogens with one attached hydrogen (secondary N) is 1. The van der Waals surface area contributed by atoms with Gasteiger partial charge in [0.05, 0.1) is 15.9 Å². The monoisotopic (exact) mass is 731 g/mol. The van der Waals surface area contributed by atoms with E-state index in [0.29, 0.717) is 60.1 Å². The number of para-hydroxylation sites is 2. The van der Waals surface area contributed by atoms with Crippen molar-refractivity contribution in [1.82, 2.24) is 24.1 Å². The second-order valence-electron chi connectivity index (χ2n) is 13.9. The van der Waals surface area contributed by atoms with Crippen LogP contribution in [0.15, 0.2) is 76.1 Å². The Morgan fingerprint density at radius 3 is 2.35 bits per heavy atom. The number of hydrogen-bond donors (Lipinski definition) is 1. The topological polar surface area (TPSA) is 87.5 Å². The number of halogens is 1. The zero-order valence-corrected chi connectivity index (χ0v) is 30.3. The maximum Gasteiger partial charge on any atom is 0.253 e. The lowest BCUT2D eigenvalue weighted by Crippen LogP contribution is -2.44. The van der Waals surface area contributed by atoms with Crippen molar-refractivity contribution in [3.63, 3.8) is 0 Å². The standard InChI is InChI=1S/C38H46BrN5O3S/c1-3-19-40-48(46,47)37-23-30(12-15-34(37)39)38(45)42-20-17-29(18-21-42)28-10-8-27(9-11-28)16-22-43-31-13-14-32(43)25-33(24-31)44-26(2)41-35-6-4-5-7-36(35)44/h4-12,15,23,29,31-33,40H,3,13-14,16-22,24-25H2,1-2H3/t31-,32+,33?. The maximum atomic E-state index is 13.4. The first-order valence-electron chi connectivity index (χ1n) is 17.6. The molecule has 254 valence electrons. The highest BCUT2D eigenvalue weighted by Crippen LogP contribution is 2.42. The van der Waals surface area contributed by atoms with Crippen LogP contribution >= 0.6 is 15.9 Å². The number of nitrogens with zero attached hydrogens (tertiary/aromatic N) is 4. The SMILES string of the molecule is CCCNS(=O)(=O)c1cc(C(=O)N2CCC(c3ccc(CCN4[C@@H]5CC[C@H]4CC(n4c(C)nc6ccccc64)C5)cc3)CC2)ccc1Br. The molecule has 10 heteroatoms. The van der Waals surface area contributed by atoms with Gasteiger partial charge in [-0.1, -0.05) is 43.3 Å². The van der Waals surface area contributed by atoms with E-state index in [-0.39, 0.29) is 10.8 Å². The van der Waals surface area contributed by atoms with Crippen LogP contribution in [0, 0.1) is 6.92 Å². The summed E-state index contributed by atoms with van der Waals surface area (Å²) in [6.45, 7) is 6.85. The zero-order chi connectivity index (χ0) is 33.4. The lowest BCUT2D eigenvalue weighted by atomic mass is 9.88. The van der Waals surface area contributed by atoms with Crippen molar-refractivity contribution in [2.45, 2.75) is 94.2 Å². The molecule has 1 amide bonds. The number of carbonyl (C=O) groups excluding carboxylic acids is 1. The molecule has 1 N–H and O–H groups in total. The molecular formula is C38H46BrN5O3S. The molecule has 8 nitrogen and oxygen atoms in total. The summed E-state index contributed by atoms with van der Waals surface area (Å²) in [4.78, 5) is 23.0. The minimum Gasteiger partial charge on any atom is -0.339 e. The summed E-state index contributed by atoms with van der Waals surface area (Å²) in [5, 5.41) is 0. The lowest BCUT2D eigenvalue weighted by Gasteiger charge is -2.40. The predicted molar refractivity (Wildman–Crippen MR) is 194 cm³/mol. The summed E-state index contributed by atoms with van der Waals surface area (Å²) in [5.41, 5.74) is 5.52. The van der Waals surface area contributed by atoms with Crippen LogP contribution in [0.5, 0.6) is 0 Å². The first-order chi connectivity index (χ1) is 23.2. The highest BCUT2D eigenvalue weighted by atomic mass is 79.9. The van der Waals surface area contributed by atoms with Gasteiger partial charge in [0.25, 0.3) is 5.91 Å². The number of amides is 1. The van der Waals surface area contributed by atoms with Crippen LogP contribution in [0.4, 0.5) is 0 Å². The van der Waals surface area contributed by atoms with Gasteiger partial charge in [0, 0.05) is 54.3 Å². The number of piperidine rings is 2. The Morgan fingerprint density at radius 1 is 0.938 bits per heavy atom. The van der Waals surface area contributed by atoms with Crippen molar-refractivity contribution in [2.24, 2.45) is 0 Å². The minimum absolute atomic E-state index is 0.104. The van der Waals surface area contributed by atoms with Gasteiger partial charge in [-0.15, -0.1) is 0 Å². The molecule has 1 unspecified atom stereocenters. The third-order valence-corrected chi connectivity index (χ3v) is 13.4. The average molecular weight is 733 g/mol. The Bertz CT molecular complexity index is 1870. The Balaban J connectivity index is 0.919. The molecular weight excluding hydrogens is 686 g/mol. The van der Waals surface area contributed by atoms with E-state index in [0.717, 1.165) is 37.1 Å². The number of fused-ring (bicyclic) bond motifs is 3. The van der Waals surface area contributed by atoms with E-state index in [2.05, 4.69) is 85.6 Å². The van der Waals surface area contributed by atoms with E-state index in [1.165, 1.54) is 48.4 Å². The molecule has 3 aromatic carbocycles. The number of hydrogen-bond acceptors (Lipinski definition) is 5. The molecule has 4 heterocycles. The normalized spacial score (nSPS) is 22.1. The molecule has 2 bridgehead atoms. The van der Waals surface area contributed by atoms with Gasteiger partial charge in [0.1, 0.15) is 5.82 Å². The minimum atomic E-state index is -3.69. The maximum absolute atomic E-state index is 13.4. The summed E-state index contributed by atoms with van der Waals surface area (Å²) < 4.78 is 31.1. The Hall–Kier alpha value is -3.05. The van der Waals surface area contributed by atoms with E-state index in [1.807, 2.05) is 11.8 Å². The van der Waals surface area contributed by atoms with Crippen molar-refractivity contribution in [3.8, 4) is 0 Å². The third kappa shape index (κ3) is 6.73. The molecule has 3 fully saturated rings. The molecule has 0 saturated carbocycles. The fourth-order valence-electron chi connectivity index (χ4n) is 8.42. The molecule has 3 saturated heterocycles. The van der Waals surface area contributed by atoms with Crippen LogP contribution in [0.1, 0.15) is 91.1 Å². The molecule has 1 aromatic heterocycles. The lowest BCUT2D eigenvalue weighted by molar-refractivity contribution is 0.0712. The summed E-state index contributed by atoms with van der Waals surface area (Å²) in [6, 6.07) is 24.4. The molecule has 0 radical (unpaired) electrons. The van der Waals surface area contributed by atoms with Gasteiger partial charge in [-0.3, -0.25) is 9.69 Å². The highest BCUT2D eigenvalue weighted by Gasteiger charge is 2.41. The van der Waals surface area contributed by atoms with Crippen LogP contribution in [-0.4, -0.2) is 71.9 Å². The van der Waals surface area contributed by atoms with Gasteiger partial charge in [-0.2, -0.15) is 0 Å². The van der Waals surface area contributed by atoms with Gasteiger partial charge in [-0.05, 0) is 122 Å². The van der Waals surface area contributed by atoms with Gasteiger partial charge < -0.3 is 9.47 Å². The second kappa shape index (κ2) is 14.1. The Morgan fingerprint density at radius 2 is 1.65 bits per heavy atom. The van der Waals surface area contributed by atoms with Crippen LogP contribution in [0.3, 0.4) is 0 Å². The zero-order valence-electron chi connectivity index (χ0n) is 27.9. The van der Waals surface area contributed by atoms with E-state index in [9.17, 15) is 13.2 Å². The molecule has 0 spiro atoms. The van der Waals surface area contributed by atoms with Crippen molar-refractivity contribution in [3.05, 3.63) is 93.7 Å². The fourth-order valence-corrected chi connectivity index (χ4v) is 10.5. The van der Waals surface area contributed by atoms with Crippen LogP contribution in [0.2, 0.25) is 0 Å². The van der Waals surface area contributed by atoms with Crippen molar-refractivity contribution >= 4 is 42.9 Å². The van der Waals surface area contributed by atoms with Crippen molar-refractivity contribution in [2.75, 3.05) is 26.2 Å². The number of likely N-dealkylation sites (tertiary alicyclic amines) is 1. The molecule has 0 aliphatic carbocycles. The predicted octanol–water partition coefficient (Wildman–Crippen LogP) is 7.23. The first-order valence-corrected chi connectivity index (χ1v) is 19.9. The third-order valence-electron chi connectivity index (χ3n) is 10.9. The number of benzene rings is 3. The van der Waals surface area contributed by atoms with Gasteiger partial charge in [0.2, 0.25) is 10.0 Å². The van der Waals surface area contributed by atoms with E-state index < -0.39 is 10.0 Å². The molecule has 3 aliphatic rings. The van der Waals surface area contributed by atoms with Crippen LogP contribution < -0.4 is 4.72 Å². The number of carbonyl (C=O) groups is 1. The summed E-state index contributed by atoms with van der Waals surface area (Å²) in [7, 11) is -3.69. The molecule has 7 rings (SSSR count). The number of sulfonamides is 1. The van der Waals surface area contributed by atoms with Crippen LogP contribution in [-0.2, 0) is 16.4 Å². The highest BCUT2D eigenvalue weighted by molar-refractivity contribution is 9.10. The van der Waals surface area contributed by atoms with E-state index >= 15 is 0 Å². The smallest absolute Gasteiger partial charge is 0.253 e. The number of aromatic nitrogens is 2. The van der Waals surface area contributed by atoms with E-state index in [1.54, 1.807) is 12.1 Å². The number of aryl methyl sites for hydroxylation is 1. The quantitative estimate of drug-likeness (QED) is 0.186. The molecule has 48 heavy (non-hydrogen) atoms. The van der Waals surface area contributed by atoms with Gasteiger partial charge in [-0.25, -0.2) is 18.1 Å². The summed E-state index contributed by atoms with van der Waals surface area (Å²) in [5.74, 6) is 1.44. The van der Waals surface area contributed by atoms with Crippen molar-refractivity contribution < 1.29 is 13.2 Å². The van der Waals surface area contributed by atoms with Gasteiger partial charge >= 0.3 is 0 Å². The van der Waals surface area contributed by atoms with Crippen molar-refractivity contribution in [1.29, 1.82) is 0 Å². The van der Waals surface area contributed by atoms with Gasteiger partial charge in [0.15, 0.2) is 0 Å². The summed E-state index contributed by atoms with van der Waals surface area (Å²) >= 11 is 3.35. The molecule has 3 atom stereocenters. The summed E-state index contributed by atoms with van der Waals surface area (Å²) in [6.07, 6.45) is 8.56. The number of imidazole rings is 1. The average Bonchev–Trinajstić information content (AvgIpc) is 3.56. The second-order valence-corrected chi connectivity index (χ2v) is 16.5. The Kier molecular flexibility index (Phi) is 9.79.